The summed E-state index contributed by atoms with van der Waals surface area (Å²) in [5.74, 6) is 0.120. The van der Waals surface area contributed by atoms with E-state index in [-0.39, 0.29) is 17.7 Å². The molecule has 4 aromatic rings. The number of nitrogens with zero attached hydrogens (tertiary/aromatic N) is 4. The number of rotatable bonds is 3. The van der Waals surface area contributed by atoms with Crippen molar-refractivity contribution in [3.05, 3.63) is 60.1 Å². The second-order valence-corrected chi connectivity index (χ2v) is 9.08. The van der Waals surface area contributed by atoms with Crippen LogP contribution in [-0.2, 0) is 4.79 Å². The summed E-state index contributed by atoms with van der Waals surface area (Å²) in [7, 11) is 0. The number of aromatic hydroxyl groups is 1. The molecule has 0 aliphatic carbocycles. The van der Waals surface area contributed by atoms with Gasteiger partial charge < -0.3 is 14.9 Å². The molecule has 2 aromatic carbocycles. The summed E-state index contributed by atoms with van der Waals surface area (Å²) in [6.45, 7) is 7.64. The van der Waals surface area contributed by atoms with E-state index in [1.807, 2.05) is 35.2 Å². The number of fused-ring (bicyclic) bond motifs is 2. The van der Waals surface area contributed by atoms with Crippen molar-refractivity contribution in [2.45, 2.75) is 13.0 Å². The topological polar surface area (TPSA) is 69.6 Å². The predicted molar refractivity (Wildman–Crippen MR) is 131 cm³/mol. The number of carbonyl (C=O) groups is 1. The highest BCUT2D eigenvalue weighted by Gasteiger charge is 2.28. The smallest absolute Gasteiger partial charge is 0.246 e. The van der Waals surface area contributed by atoms with Gasteiger partial charge in [0.2, 0.25) is 5.91 Å². The van der Waals surface area contributed by atoms with Crippen LogP contribution in [0.25, 0.3) is 33.1 Å². The Morgan fingerprint density at radius 1 is 1.25 bits per heavy atom. The van der Waals surface area contributed by atoms with Gasteiger partial charge in [0.05, 0.1) is 16.1 Å². The van der Waals surface area contributed by atoms with Crippen molar-refractivity contribution in [2.75, 3.05) is 24.5 Å². The normalized spacial score (nSPS) is 16.6. The number of hydrogen-bond acceptors (Lipinski definition) is 6. The molecule has 1 aliphatic rings. The Balaban J connectivity index is 1.56. The van der Waals surface area contributed by atoms with E-state index in [0.29, 0.717) is 36.0 Å². The third-order valence-corrected chi connectivity index (χ3v) is 7.06. The van der Waals surface area contributed by atoms with Crippen molar-refractivity contribution in [1.82, 2.24) is 14.3 Å². The maximum Gasteiger partial charge on any atom is 0.246 e. The van der Waals surface area contributed by atoms with Gasteiger partial charge in [-0.25, -0.2) is 4.98 Å². The zero-order chi connectivity index (χ0) is 22.4. The first kappa shape index (κ1) is 20.7. The third-order valence-electron chi connectivity index (χ3n) is 5.88. The monoisotopic (exact) mass is 464 g/mol. The number of piperazine rings is 1. The fraction of sp³-hybridized carbons (Fsp3) is 0.208. The molecule has 2 aromatic heterocycles. The molecule has 1 saturated heterocycles. The molecule has 1 amide bonds. The van der Waals surface area contributed by atoms with Crippen LogP contribution in [0.3, 0.4) is 0 Å². The van der Waals surface area contributed by atoms with Gasteiger partial charge in [0.25, 0.3) is 0 Å². The summed E-state index contributed by atoms with van der Waals surface area (Å²) in [4.78, 5) is 20.8. The van der Waals surface area contributed by atoms with E-state index < -0.39 is 0 Å². The van der Waals surface area contributed by atoms with Crippen LogP contribution in [0, 0.1) is 0 Å². The molecule has 0 radical (unpaired) electrons. The van der Waals surface area contributed by atoms with E-state index in [2.05, 4.69) is 22.8 Å². The van der Waals surface area contributed by atoms with Gasteiger partial charge in [-0.2, -0.15) is 4.37 Å². The minimum absolute atomic E-state index is 0.0432. The minimum atomic E-state index is -0.0432. The van der Waals surface area contributed by atoms with Gasteiger partial charge in [0, 0.05) is 31.2 Å². The SMILES string of the molecule is C=CC(=O)N1CCN(c2snc3nc(-c4cc(O)cc5ccccc45)c(Cl)cc23)C(C)C1. The predicted octanol–water partition coefficient (Wildman–Crippen LogP) is 5.09. The first-order chi connectivity index (χ1) is 15.5. The average Bonchev–Trinajstić information content (AvgIpc) is 3.19. The fourth-order valence-corrected chi connectivity index (χ4v) is 5.51. The number of phenolic OH excluding ortho intramolecular Hbond substituents is 1. The second-order valence-electron chi connectivity index (χ2n) is 7.92. The molecule has 1 aliphatic heterocycles. The lowest BCUT2D eigenvalue weighted by atomic mass is 10.0. The molecule has 1 atom stereocenters. The van der Waals surface area contributed by atoms with Crippen molar-refractivity contribution in [1.29, 1.82) is 0 Å². The lowest BCUT2D eigenvalue weighted by molar-refractivity contribution is -0.126. The van der Waals surface area contributed by atoms with Crippen LogP contribution >= 0.6 is 23.1 Å². The Kier molecular flexibility index (Phi) is 5.23. The highest BCUT2D eigenvalue weighted by atomic mass is 35.5. The largest absolute Gasteiger partial charge is 0.508 e. The Morgan fingerprint density at radius 3 is 2.84 bits per heavy atom. The van der Waals surface area contributed by atoms with E-state index in [1.165, 1.54) is 17.6 Å². The fourth-order valence-electron chi connectivity index (χ4n) is 4.32. The van der Waals surface area contributed by atoms with Crippen molar-refractivity contribution in [3.8, 4) is 17.0 Å². The lowest BCUT2D eigenvalue weighted by Gasteiger charge is -2.40. The number of pyridine rings is 1. The van der Waals surface area contributed by atoms with Crippen LogP contribution in [0.4, 0.5) is 5.00 Å². The molecule has 162 valence electrons. The average molecular weight is 465 g/mol. The molecule has 1 N–H and O–H groups in total. The summed E-state index contributed by atoms with van der Waals surface area (Å²) in [6, 6.07) is 13.3. The van der Waals surface area contributed by atoms with Gasteiger partial charge in [-0.3, -0.25) is 4.79 Å². The third kappa shape index (κ3) is 3.47. The molecule has 6 nitrogen and oxygen atoms in total. The van der Waals surface area contributed by atoms with Gasteiger partial charge in [-0.1, -0.05) is 42.4 Å². The molecule has 0 saturated carbocycles. The summed E-state index contributed by atoms with van der Waals surface area (Å²) in [6.07, 6.45) is 1.36. The molecule has 1 unspecified atom stereocenters. The number of phenols is 1. The van der Waals surface area contributed by atoms with Crippen molar-refractivity contribution in [3.63, 3.8) is 0 Å². The molecule has 8 heteroatoms. The quantitative estimate of drug-likeness (QED) is 0.427. The Hall–Kier alpha value is -3.16. The van der Waals surface area contributed by atoms with Crippen LogP contribution in [0.2, 0.25) is 5.02 Å². The second kappa shape index (κ2) is 8.07. The number of benzene rings is 2. The Bertz CT molecular complexity index is 1370. The molecular formula is C24H21ClN4O2S. The summed E-state index contributed by atoms with van der Waals surface area (Å²) in [5.41, 5.74) is 1.98. The molecule has 32 heavy (non-hydrogen) atoms. The summed E-state index contributed by atoms with van der Waals surface area (Å²) >= 11 is 8.12. The van der Waals surface area contributed by atoms with Gasteiger partial charge in [-0.15, -0.1) is 0 Å². The van der Waals surface area contributed by atoms with Gasteiger partial charge >= 0.3 is 0 Å². The van der Waals surface area contributed by atoms with Gasteiger partial charge in [0.15, 0.2) is 5.65 Å². The molecule has 0 bridgehead atoms. The lowest BCUT2D eigenvalue weighted by Crippen LogP contribution is -2.53. The van der Waals surface area contributed by atoms with E-state index in [0.717, 1.165) is 26.7 Å². The molecule has 5 rings (SSSR count). The summed E-state index contributed by atoms with van der Waals surface area (Å²) < 4.78 is 4.60. The van der Waals surface area contributed by atoms with Crippen LogP contribution < -0.4 is 4.90 Å². The van der Waals surface area contributed by atoms with Crippen LogP contribution in [0.5, 0.6) is 5.75 Å². The molecule has 0 spiro atoms. The maximum atomic E-state index is 12.0. The number of anilines is 1. The number of aromatic nitrogens is 2. The molecule has 3 heterocycles. The minimum Gasteiger partial charge on any atom is -0.508 e. The highest BCUT2D eigenvalue weighted by molar-refractivity contribution is 7.11. The van der Waals surface area contributed by atoms with E-state index in [1.54, 1.807) is 12.1 Å². The number of hydrogen-bond donors (Lipinski definition) is 1. The number of amides is 1. The van der Waals surface area contributed by atoms with Crippen molar-refractivity contribution >= 4 is 55.8 Å². The number of carbonyl (C=O) groups excluding carboxylic acids is 1. The first-order valence-electron chi connectivity index (χ1n) is 10.3. The van der Waals surface area contributed by atoms with Crippen LogP contribution in [0.1, 0.15) is 6.92 Å². The number of halogens is 1. The van der Waals surface area contributed by atoms with E-state index >= 15 is 0 Å². The highest BCUT2D eigenvalue weighted by Crippen LogP contribution is 2.40. The van der Waals surface area contributed by atoms with Gasteiger partial charge in [-0.05, 0) is 53.5 Å². The van der Waals surface area contributed by atoms with E-state index in [4.69, 9.17) is 16.6 Å². The standard InChI is InChI=1S/C24H21ClN4O2S/c1-3-21(31)28-8-9-29(14(2)13-28)24-19-12-20(25)22(26-23(19)27-32-24)18-11-16(30)10-15-6-4-5-7-17(15)18/h3-7,10-12,14,30H,1,8-9,13H2,2H3. The van der Waals surface area contributed by atoms with Gasteiger partial charge in [0.1, 0.15) is 10.8 Å². The van der Waals surface area contributed by atoms with Crippen LogP contribution in [-0.4, -0.2) is 50.9 Å². The van der Waals surface area contributed by atoms with Crippen molar-refractivity contribution < 1.29 is 9.90 Å². The van der Waals surface area contributed by atoms with Crippen LogP contribution in [0.15, 0.2) is 55.1 Å². The maximum absolute atomic E-state index is 12.0. The first-order valence-corrected chi connectivity index (χ1v) is 11.5. The van der Waals surface area contributed by atoms with Crippen molar-refractivity contribution in [2.24, 2.45) is 0 Å². The summed E-state index contributed by atoms with van der Waals surface area (Å²) in [5, 5.41) is 14.5. The zero-order valence-electron chi connectivity index (χ0n) is 17.5. The molecule has 1 fully saturated rings. The Labute approximate surface area is 194 Å². The zero-order valence-corrected chi connectivity index (χ0v) is 19.0. The Morgan fingerprint density at radius 2 is 2.06 bits per heavy atom. The molecular weight excluding hydrogens is 444 g/mol. The van der Waals surface area contributed by atoms with E-state index in [9.17, 15) is 9.90 Å².